The van der Waals surface area contributed by atoms with E-state index in [4.69, 9.17) is 4.98 Å². The van der Waals surface area contributed by atoms with Gasteiger partial charge in [-0.25, -0.2) is 0 Å². The van der Waals surface area contributed by atoms with E-state index in [1.807, 2.05) is 42.9 Å². The van der Waals surface area contributed by atoms with Crippen LogP contribution in [0.4, 0.5) is 0 Å². The first-order chi connectivity index (χ1) is 32.7. The Labute approximate surface area is 386 Å². The van der Waals surface area contributed by atoms with Gasteiger partial charge >= 0.3 is 0 Å². The van der Waals surface area contributed by atoms with E-state index in [2.05, 4.69) is 204 Å². The Kier molecular flexibility index (Phi) is 11.3. The number of pyridine rings is 3. The molecule has 0 saturated carbocycles. The SMILES string of the molecule is c1ccc(-c2ccc(CCc3cc(CCc4ccc(-c5ccccn5)cc4)cc(-c4ccccc4-c4ccc(-c5cc(-c6ccc7c(ccc8ccccc87)c6)ccn5)cc4)c3)cc2)nc1. The highest BCUT2D eigenvalue weighted by Gasteiger charge is 2.13. The second-order valence-corrected chi connectivity index (χ2v) is 17.1. The zero-order valence-corrected chi connectivity index (χ0v) is 36.7. The molecule has 0 bridgehead atoms. The van der Waals surface area contributed by atoms with Crippen LogP contribution in [0.5, 0.6) is 0 Å². The summed E-state index contributed by atoms with van der Waals surface area (Å²) in [6, 6.07) is 79.0. The molecule has 0 amide bonds. The molecular weight excluding hydrogens is 799 g/mol. The molecule has 3 nitrogen and oxygen atoms in total. The zero-order chi connectivity index (χ0) is 44.1. The van der Waals surface area contributed by atoms with Crippen LogP contribution in [0.1, 0.15) is 22.3 Å². The van der Waals surface area contributed by atoms with Gasteiger partial charge in [0.1, 0.15) is 0 Å². The molecule has 0 aliphatic carbocycles. The van der Waals surface area contributed by atoms with Crippen molar-refractivity contribution in [2.24, 2.45) is 0 Å². The minimum absolute atomic E-state index is 0.946. The maximum Gasteiger partial charge on any atom is 0.0708 e. The lowest BCUT2D eigenvalue weighted by atomic mass is 9.90. The van der Waals surface area contributed by atoms with Crippen molar-refractivity contribution in [2.45, 2.75) is 25.7 Å². The minimum Gasteiger partial charge on any atom is -0.256 e. The molecule has 3 heterocycles. The maximum atomic E-state index is 4.83. The summed E-state index contributed by atoms with van der Waals surface area (Å²) >= 11 is 0. The van der Waals surface area contributed by atoms with Gasteiger partial charge in [0.2, 0.25) is 0 Å². The number of benzene rings is 8. The van der Waals surface area contributed by atoms with Gasteiger partial charge in [0.25, 0.3) is 0 Å². The molecule has 0 atom stereocenters. The van der Waals surface area contributed by atoms with E-state index in [0.717, 1.165) is 65.0 Å². The van der Waals surface area contributed by atoms with E-state index in [0.29, 0.717) is 0 Å². The molecule has 0 unspecified atom stereocenters. The van der Waals surface area contributed by atoms with Crippen LogP contribution in [-0.2, 0) is 25.7 Å². The van der Waals surface area contributed by atoms with E-state index < -0.39 is 0 Å². The van der Waals surface area contributed by atoms with Gasteiger partial charge in [-0.3, -0.25) is 15.0 Å². The fraction of sp³-hybridized carbons (Fsp3) is 0.0635. The summed E-state index contributed by atoms with van der Waals surface area (Å²) in [7, 11) is 0. The third kappa shape index (κ3) is 8.80. The lowest BCUT2D eigenvalue weighted by Gasteiger charge is -2.15. The topological polar surface area (TPSA) is 38.7 Å². The quantitative estimate of drug-likeness (QED) is 0.115. The van der Waals surface area contributed by atoms with Crippen molar-refractivity contribution in [3.05, 3.63) is 259 Å². The molecule has 0 N–H and O–H groups in total. The molecule has 0 radical (unpaired) electrons. The summed E-state index contributed by atoms with van der Waals surface area (Å²) in [6.07, 6.45) is 9.43. The lowest BCUT2D eigenvalue weighted by Crippen LogP contribution is -1.98. The Morgan fingerprint density at radius 3 is 1.35 bits per heavy atom. The summed E-state index contributed by atoms with van der Waals surface area (Å²) in [5.74, 6) is 0. The van der Waals surface area contributed by atoms with Crippen LogP contribution in [0, 0.1) is 0 Å². The second-order valence-electron chi connectivity index (χ2n) is 17.1. The van der Waals surface area contributed by atoms with Gasteiger partial charge in [-0.1, -0.05) is 176 Å². The fourth-order valence-corrected chi connectivity index (χ4v) is 9.30. The average molecular weight is 846 g/mol. The number of fused-ring (bicyclic) bond motifs is 3. The van der Waals surface area contributed by atoms with E-state index in [9.17, 15) is 0 Å². The van der Waals surface area contributed by atoms with Crippen LogP contribution in [0.25, 0.3) is 88.7 Å². The number of aryl methyl sites for hydroxylation is 4. The normalized spacial score (nSPS) is 11.3. The molecule has 0 fully saturated rings. The third-order valence-electron chi connectivity index (χ3n) is 12.9. The third-order valence-corrected chi connectivity index (χ3v) is 12.9. The molecule has 0 aliphatic heterocycles. The largest absolute Gasteiger partial charge is 0.256 e. The van der Waals surface area contributed by atoms with Crippen molar-refractivity contribution in [3.63, 3.8) is 0 Å². The van der Waals surface area contributed by atoms with Crippen molar-refractivity contribution in [2.75, 3.05) is 0 Å². The van der Waals surface area contributed by atoms with Gasteiger partial charge in [-0.15, -0.1) is 0 Å². The smallest absolute Gasteiger partial charge is 0.0708 e. The van der Waals surface area contributed by atoms with Gasteiger partial charge in [-0.2, -0.15) is 0 Å². The van der Waals surface area contributed by atoms with E-state index >= 15 is 0 Å². The van der Waals surface area contributed by atoms with Crippen LogP contribution in [0.3, 0.4) is 0 Å². The molecule has 0 saturated heterocycles. The van der Waals surface area contributed by atoms with Crippen molar-refractivity contribution in [3.8, 4) is 67.2 Å². The molecule has 0 aliphatic rings. The van der Waals surface area contributed by atoms with Gasteiger partial charge in [-0.05, 0) is 145 Å². The number of nitrogens with zero attached hydrogens (tertiary/aromatic N) is 3. The van der Waals surface area contributed by atoms with Crippen molar-refractivity contribution in [1.29, 1.82) is 0 Å². The summed E-state index contributed by atoms with van der Waals surface area (Å²) in [4.78, 5) is 13.9. The maximum absolute atomic E-state index is 4.83. The highest BCUT2D eigenvalue weighted by molar-refractivity contribution is 6.08. The van der Waals surface area contributed by atoms with Gasteiger partial charge < -0.3 is 0 Å². The van der Waals surface area contributed by atoms with Crippen molar-refractivity contribution in [1.82, 2.24) is 15.0 Å². The van der Waals surface area contributed by atoms with Crippen LogP contribution in [0.2, 0.25) is 0 Å². The van der Waals surface area contributed by atoms with Gasteiger partial charge in [0, 0.05) is 35.3 Å². The highest BCUT2D eigenvalue weighted by Crippen LogP contribution is 2.36. The molecular formula is C63H47N3. The molecule has 314 valence electrons. The Balaban J connectivity index is 0.868. The van der Waals surface area contributed by atoms with E-state index in [-0.39, 0.29) is 0 Å². The highest BCUT2D eigenvalue weighted by atomic mass is 14.7. The first-order valence-corrected chi connectivity index (χ1v) is 22.9. The van der Waals surface area contributed by atoms with Crippen molar-refractivity contribution < 1.29 is 0 Å². The van der Waals surface area contributed by atoms with Crippen LogP contribution in [0.15, 0.2) is 237 Å². The first-order valence-electron chi connectivity index (χ1n) is 22.9. The summed E-state index contributed by atoms with van der Waals surface area (Å²) in [5, 5.41) is 5.06. The minimum atomic E-state index is 0.946. The zero-order valence-electron chi connectivity index (χ0n) is 36.7. The second kappa shape index (κ2) is 18.4. The van der Waals surface area contributed by atoms with Crippen LogP contribution >= 0.6 is 0 Å². The average Bonchev–Trinajstić information content (AvgIpc) is 3.40. The van der Waals surface area contributed by atoms with Gasteiger partial charge in [0.15, 0.2) is 0 Å². The molecule has 66 heavy (non-hydrogen) atoms. The molecule has 0 spiro atoms. The first kappa shape index (κ1) is 40.5. The van der Waals surface area contributed by atoms with E-state index in [1.165, 1.54) is 71.6 Å². The van der Waals surface area contributed by atoms with Crippen molar-refractivity contribution >= 4 is 21.5 Å². The molecule has 11 aromatic rings. The Hall–Kier alpha value is -8.27. The Morgan fingerprint density at radius 2 is 0.712 bits per heavy atom. The monoisotopic (exact) mass is 845 g/mol. The van der Waals surface area contributed by atoms with Crippen LogP contribution in [-0.4, -0.2) is 15.0 Å². The summed E-state index contributed by atoms with van der Waals surface area (Å²) in [6.45, 7) is 0. The molecule has 11 rings (SSSR count). The number of hydrogen-bond donors (Lipinski definition) is 0. The number of hydrogen-bond acceptors (Lipinski definition) is 3. The van der Waals surface area contributed by atoms with E-state index in [1.54, 1.807) is 0 Å². The van der Waals surface area contributed by atoms with Crippen LogP contribution < -0.4 is 0 Å². The number of aromatic nitrogens is 3. The molecule has 8 aromatic carbocycles. The molecule has 3 heteroatoms. The van der Waals surface area contributed by atoms with Gasteiger partial charge in [0.05, 0.1) is 17.1 Å². The standard InChI is InChI=1S/C63H47N3/c1-2-10-57-48(9-1)29-32-55-42-53(33-34-60(55)57)54-35-38-66-63(43-54)52-30-27-49(28-31-52)58-11-3-4-12-59(58)56-40-46(17-15-44-19-23-50(24-20-44)61-13-5-7-36-64-61)39-47(41-56)18-16-45-21-25-51(26-22-45)62-14-6-8-37-65-62/h1-14,19-43H,15-18H2. The molecule has 3 aromatic heterocycles. The predicted octanol–water partition coefficient (Wildman–Crippen LogP) is 15.8. The number of rotatable bonds is 12. The Bertz CT molecular complexity index is 3330. The summed E-state index contributed by atoms with van der Waals surface area (Å²) in [5.41, 5.74) is 18.9. The Morgan fingerprint density at radius 1 is 0.242 bits per heavy atom. The lowest BCUT2D eigenvalue weighted by molar-refractivity contribution is 0.931. The fourth-order valence-electron chi connectivity index (χ4n) is 9.30. The predicted molar refractivity (Wildman–Crippen MR) is 275 cm³/mol. The summed E-state index contributed by atoms with van der Waals surface area (Å²) < 4.78 is 0.